The molecule has 2 aromatic carbocycles. The molecular weight excluding hydrogens is 324 g/mol. The quantitative estimate of drug-likeness (QED) is 0.581. The van der Waals surface area contributed by atoms with Crippen molar-refractivity contribution < 1.29 is 9.72 Å². The molecule has 3 aromatic rings. The Morgan fingerprint density at radius 3 is 2.56 bits per heavy atom. The zero-order valence-corrected chi connectivity index (χ0v) is 13.2. The SMILES string of the molecule is CC(C(=O)Nc1ccc([N+](=O)[O-])cc1)n1cnc2ccccc2c1=O. The molecular formula is C17H14N4O4. The van der Waals surface area contributed by atoms with E-state index in [0.29, 0.717) is 16.6 Å². The maximum absolute atomic E-state index is 12.5. The molecule has 8 nitrogen and oxygen atoms in total. The van der Waals surface area contributed by atoms with Crippen LogP contribution in [-0.4, -0.2) is 20.4 Å². The van der Waals surface area contributed by atoms with Crippen LogP contribution in [0.5, 0.6) is 0 Å². The van der Waals surface area contributed by atoms with Gasteiger partial charge in [0.2, 0.25) is 5.91 Å². The topological polar surface area (TPSA) is 107 Å². The Bertz CT molecular complexity index is 1010. The number of fused-ring (bicyclic) bond motifs is 1. The van der Waals surface area contributed by atoms with Gasteiger partial charge in [0.25, 0.3) is 11.2 Å². The van der Waals surface area contributed by atoms with Crippen LogP contribution in [0.25, 0.3) is 10.9 Å². The smallest absolute Gasteiger partial charge is 0.269 e. The van der Waals surface area contributed by atoms with Crippen molar-refractivity contribution in [2.75, 3.05) is 5.32 Å². The maximum atomic E-state index is 12.5. The summed E-state index contributed by atoms with van der Waals surface area (Å²) < 4.78 is 1.25. The molecule has 126 valence electrons. The Morgan fingerprint density at radius 1 is 1.20 bits per heavy atom. The summed E-state index contributed by atoms with van der Waals surface area (Å²) in [7, 11) is 0. The van der Waals surface area contributed by atoms with E-state index in [1.165, 1.54) is 35.2 Å². The van der Waals surface area contributed by atoms with E-state index in [9.17, 15) is 19.7 Å². The Labute approximate surface area is 141 Å². The summed E-state index contributed by atoms with van der Waals surface area (Å²) in [5, 5.41) is 13.7. The largest absolute Gasteiger partial charge is 0.324 e. The van der Waals surface area contributed by atoms with Gasteiger partial charge in [-0.3, -0.25) is 24.3 Å². The third kappa shape index (κ3) is 3.23. The van der Waals surface area contributed by atoms with Crippen LogP contribution < -0.4 is 10.9 Å². The lowest BCUT2D eigenvalue weighted by atomic mass is 10.2. The number of nitro groups is 1. The lowest BCUT2D eigenvalue weighted by Gasteiger charge is -2.15. The fourth-order valence-electron chi connectivity index (χ4n) is 2.40. The molecule has 1 aromatic heterocycles. The van der Waals surface area contributed by atoms with Gasteiger partial charge in [-0.15, -0.1) is 0 Å². The number of nitrogens with zero attached hydrogens (tertiary/aromatic N) is 3. The van der Waals surface area contributed by atoms with Crippen molar-refractivity contribution in [2.24, 2.45) is 0 Å². The number of aromatic nitrogens is 2. The second-order valence-corrected chi connectivity index (χ2v) is 5.44. The Hall–Kier alpha value is -3.55. The number of benzene rings is 2. The molecule has 0 spiro atoms. The first kappa shape index (κ1) is 16.3. The lowest BCUT2D eigenvalue weighted by Crippen LogP contribution is -2.31. The summed E-state index contributed by atoms with van der Waals surface area (Å²) in [6, 6.07) is 11.6. The summed E-state index contributed by atoms with van der Waals surface area (Å²) >= 11 is 0. The van der Waals surface area contributed by atoms with Crippen LogP contribution in [0.2, 0.25) is 0 Å². The van der Waals surface area contributed by atoms with Crippen LogP contribution in [0.15, 0.2) is 59.7 Å². The fourth-order valence-corrected chi connectivity index (χ4v) is 2.40. The van der Waals surface area contributed by atoms with Crippen LogP contribution >= 0.6 is 0 Å². The minimum atomic E-state index is -0.792. The van der Waals surface area contributed by atoms with Gasteiger partial charge in [-0.2, -0.15) is 0 Å². The molecule has 0 radical (unpaired) electrons. The highest BCUT2D eigenvalue weighted by molar-refractivity contribution is 5.93. The van der Waals surface area contributed by atoms with Gasteiger partial charge in [0.15, 0.2) is 0 Å². The number of carbonyl (C=O) groups excluding carboxylic acids is 1. The van der Waals surface area contributed by atoms with Crippen LogP contribution in [0.4, 0.5) is 11.4 Å². The first-order chi connectivity index (χ1) is 12.0. The van der Waals surface area contributed by atoms with Gasteiger partial charge in [-0.1, -0.05) is 12.1 Å². The zero-order valence-electron chi connectivity index (χ0n) is 13.2. The van der Waals surface area contributed by atoms with E-state index in [2.05, 4.69) is 10.3 Å². The van der Waals surface area contributed by atoms with Gasteiger partial charge in [0.1, 0.15) is 6.04 Å². The van der Waals surface area contributed by atoms with Crippen molar-refractivity contribution >= 4 is 28.2 Å². The second kappa shape index (κ2) is 6.52. The molecule has 1 N–H and O–H groups in total. The molecule has 0 fully saturated rings. The number of hydrogen-bond acceptors (Lipinski definition) is 5. The average Bonchev–Trinajstić information content (AvgIpc) is 2.62. The number of para-hydroxylation sites is 1. The van der Waals surface area contributed by atoms with E-state index >= 15 is 0 Å². The Balaban J connectivity index is 1.84. The minimum absolute atomic E-state index is 0.0685. The number of non-ortho nitro benzene ring substituents is 1. The molecule has 1 amide bonds. The highest BCUT2D eigenvalue weighted by atomic mass is 16.6. The number of carbonyl (C=O) groups is 1. The van der Waals surface area contributed by atoms with E-state index < -0.39 is 16.9 Å². The summed E-state index contributed by atoms with van der Waals surface area (Å²) in [5.41, 5.74) is 0.592. The Morgan fingerprint density at radius 2 is 1.88 bits per heavy atom. The molecule has 25 heavy (non-hydrogen) atoms. The molecule has 1 unspecified atom stereocenters. The summed E-state index contributed by atoms with van der Waals surface area (Å²) in [6.45, 7) is 1.58. The van der Waals surface area contributed by atoms with Gasteiger partial charge < -0.3 is 5.32 Å². The molecule has 1 heterocycles. The molecule has 0 aliphatic carbocycles. The minimum Gasteiger partial charge on any atom is -0.324 e. The van der Waals surface area contributed by atoms with Crippen molar-refractivity contribution in [2.45, 2.75) is 13.0 Å². The van der Waals surface area contributed by atoms with E-state index in [-0.39, 0.29) is 11.2 Å². The molecule has 0 aliphatic rings. The number of nitro benzene ring substituents is 1. The first-order valence-electron chi connectivity index (χ1n) is 7.48. The third-order valence-electron chi connectivity index (χ3n) is 3.83. The van der Waals surface area contributed by atoms with E-state index in [0.717, 1.165) is 0 Å². The van der Waals surface area contributed by atoms with E-state index in [4.69, 9.17) is 0 Å². The summed E-state index contributed by atoms with van der Waals surface area (Å²) in [4.78, 5) is 39.2. The number of rotatable bonds is 4. The van der Waals surface area contributed by atoms with E-state index in [1.54, 1.807) is 31.2 Å². The van der Waals surface area contributed by atoms with Crippen molar-refractivity contribution in [1.29, 1.82) is 0 Å². The van der Waals surface area contributed by atoms with Gasteiger partial charge in [-0.05, 0) is 31.2 Å². The number of nitrogens with one attached hydrogen (secondary N) is 1. The monoisotopic (exact) mass is 338 g/mol. The molecule has 0 bridgehead atoms. The number of amides is 1. The highest BCUT2D eigenvalue weighted by Gasteiger charge is 2.18. The molecule has 1 atom stereocenters. The molecule has 0 saturated heterocycles. The van der Waals surface area contributed by atoms with Crippen molar-refractivity contribution in [3.63, 3.8) is 0 Å². The standard InChI is InChI=1S/C17H14N4O4/c1-11(16(22)19-12-6-8-13(9-7-12)21(24)25)20-10-18-15-5-3-2-4-14(15)17(20)23/h2-11H,1H3,(H,19,22). The van der Waals surface area contributed by atoms with Crippen LogP contribution in [0, 0.1) is 10.1 Å². The van der Waals surface area contributed by atoms with Gasteiger partial charge in [-0.25, -0.2) is 4.98 Å². The van der Waals surface area contributed by atoms with Crippen LogP contribution in [-0.2, 0) is 4.79 Å². The molecule has 0 aliphatic heterocycles. The zero-order chi connectivity index (χ0) is 18.0. The van der Waals surface area contributed by atoms with E-state index in [1.807, 2.05) is 0 Å². The molecule has 8 heteroatoms. The van der Waals surface area contributed by atoms with Crippen LogP contribution in [0.1, 0.15) is 13.0 Å². The third-order valence-corrected chi connectivity index (χ3v) is 3.83. The second-order valence-electron chi connectivity index (χ2n) is 5.44. The van der Waals surface area contributed by atoms with Crippen LogP contribution in [0.3, 0.4) is 0 Å². The lowest BCUT2D eigenvalue weighted by molar-refractivity contribution is -0.384. The predicted octanol–water partition coefficient (Wildman–Crippen LogP) is 2.50. The number of hydrogen-bond donors (Lipinski definition) is 1. The molecule has 0 saturated carbocycles. The van der Waals surface area contributed by atoms with Crippen molar-refractivity contribution in [1.82, 2.24) is 9.55 Å². The van der Waals surface area contributed by atoms with Gasteiger partial charge in [0.05, 0.1) is 22.2 Å². The first-order valence-corrected chi connectivity index (χ1v) is 7.48. The predicted molar refractivity (Wildman–Crippen MR) is 92.4 cm³/mol. The van der Waals surface area contributed by atoms with Gasteiger partial charge in [0, 0.05) is 17.8 Å². The highest BCUT2D eigenvalue weighted by Crippen LogP contribution is 2.17. The van der Waals surface area contributed by atoms with Gasteiger partial charge >= 0.3 is 0 Å². The maximum Gasteiger partial charge on any atom is 0.269 e. The normalized spacial score (nSPS) is 11.9. The van der Waals surface area contributed by atoms with Crippen molar-refractivity contribution in [3.05, 3.63) is 75.3 Å². The fraction of sp³-hybridized carbons (Fsp3) is 0.118. The Kier molecular flexibility index (Phi) is 4.25. The number of anilines is 1. The summed E-state index contributed by atoms with van der Waals surface area (Å²) in [5.74, 6) is -0.423. The average molecular weight is 338 g/mol. The summed E-state index contributed by atoms with van der Waals surface area (Å²) in [6.07, 6.45) is 1.34. The van der Waals surface area contributed by atoms with Crippen molar-refractivity contribution in [3.8, 4) is 0 Å². The molecule has 3 rings (SSSR count).